The number of rotatable bonds is 4. The minimum Gasteiger partial charge on any atom is -0.342 e. The van der Waals surface area contributed by atoms with Gasteiger partial charge in [-0.3, -0.25) is 14.6 Å². The van der Waals surface area contributed by atoms with E-state index >= 15 is 0 Å². The van der Waals surface area contributed by atoms with Crippen molar-refractivity contribution in [3.8, 4) is 0 Å². The topological polar surface area (TPSA) is 100 Å². The second kappa shape index (κ2) is 7.31. The largest absolute Gasteiger partial charge is 0.342 e. The van der Waals surface area contributed by atoms with Crippen molar-refractivity contribution in [3.63, 3.8) is 0 Å². The zero-order valence-corrected chi connectivity index (χ0v) is 16.2. The number of carbonyl (C=O) groups is 1. The Kier molecular flexibility index (Phi) is 4.49. The van der Waals surface area contributed by atoms with Gasteiger partial charge in [0.15, 0.2) is 0 Å². The van der Waals surface area contributed by atoms with Gasteiger partial charge in [0.05, 0.1) is 24.3 Å². The lowest BCUT2D eigenvalue weighted by atomic mass is 10.1. The molecule has 150 valence electrons. The number of para-hydroxylation sites is 1. The van der Waals surface area contributed by atoms with Crippen LogP contribution in [0.3, 0.4) is 0 Å². The molecule has 9 heteroatoms. The normalized spacial score (nSPS) is 16.4. The maximum absolute atomic E-state index is 12.8. The van der Waals surface area contributed by atoms with Crippen molar-refractivity contribution in [3.05, 3.63) is 45.9 Å². The van der Waals surface area contributed by atoms with Gasteiger partial charge < -0.3 is 9.80 Å². The molecule has 1 fully saturated rings. The van der Waals surface area contributed by atoms with E-state index in [9.17, 15) is 9.59 Å². The summed E-state index contributed by atoms with van der Waals surface area (Å²) < 4.78 is 1.76. The number of aromatic nitrogens is 5. The zero-order chi connectivity index (χ0) is 19.8. The summed E-state index contributed by atoms with van der Waals surface area (Å²) in [7, 11) is 0. The Balaban J connectivity index is 1.29. The van der Waals surface area contributed by atoms with Crippen LogP contribution in [0.5, 0.6) is 0 Å². The average molecular weight is 393 g/mol. The van der Waals surface area contributed by atoms with Gasteiger partial charge in [-0.25, -0.2) is 9.67 Å². The molecule has 1 amide bonds. The first-order chi connectivity index (χ1) is 14.2. The summed E-state index contributed by atoms with van der Waals surface area (Å²) in [6.45, 7) is 3.23. The predicted molar refractivity (Wildman–Crippen MR) is 108 cm³/mol. The molecule has 2 aliphatic rings. The lowest BCUT2D eigenvalue weighted by Crippen LogP contribution is -2.40. The molecular formula is C20H23N7O2. The quantitative estimate of drug-likeness (QED) is 0.712. The van der Waals surface area contributed by atoms with Crippen molar-refractivity contribution >= 4 is 22.9 Å². The highest BCUT2D eigenvalue weighted by molar-refractivity contribution is 5.77. The number of benzene rings is 1. The van der Waals surface area contributed by atoms with Gasteiger partial charge in [-0.05, 0) is 31.4 Å². The fraction of sp³-hybridized carbons (Fsp3) is 0.450. The highest BCUT2D eigenvalue weighted by Crippen LogP contribution is 2.20. The van der Waals surface area contributed by atoms with Crippen LogP contribution in [0.4, 0.5) is 5.95 Å². The molecule has 3 aromatic rings. The van der Waals surface area contributed by atoms with Gasteiger partial charge >= 0.3 is 0 Å². The number of carbonyl (C=O) groups excluding carboxylic acids is 1. The molecule has 1 saturated heterocycles. The van der Waals surface area contributed by atoms with E-state index in [2.05, 4.69) is 25.2 Å². The van der Waals surface area contributed by atoms with Crippen molar-refractivity contribution in [1.29, 1.82) is 0 Å². The maximum Gasteiger partial charge on any atom is 0.255 e. The van der Waals surface area contributed by atoms with Crippen LogP contribution in [0.2, 0.25) is 0 Å². The van der Waals surface area contributed by atoms with E-state index in [0.29, 0.717) is 44.0 Å². The standard InChI is InChI=1S/C20H23N7O2/c28-18(8-12-27-17-6-2-1-5-15(17)23-24-27)26-11-7-14-16(13-26)21-20(22-19(14)29)25-9-3-4-10-25/h1-2,5-6H,3-4,7-13H2,(H,21,22,29). The van der Waals surface area contributed by atoms with Crippen molar-refractivity contribution in [1.82, 2.24) is 29.9 Å². The van der Waals surface area contributed by atoms with E-state index in [1.54, 1.807) is 9.58 Å². The van der Waals surface area contributed by atoms with Gasteiger partial charge in [0.1, 0.15) is 5.52 Å². The fourth-order valence-corrected chi connectivity index (χ4v) is 4.16. The van der Waals surface area contributed by atoms with E-state index in [4.69, 9.17) is 0 Å². The maximum atomic E-state index is 12.8. The number of hydrogen-bond donors (Lipinski definition) is 1. The van der Waals surface area contributed by atoms with E-state index in [1.165, 1.54) is 0 Å². The third kappa shape index (κ3) is 3.37. The number of aromatic amines is 1. The van der Waals surface area contributed by atoms with Crippen LogP contribution in [0.25, 0.3) is 11.0 Å². The second-order valence-corrected chi connectivity index (χ2v) is 7.63. The Morgan fingerprint density at radius 2 is 1.97 bits per heavy atom. The molecule has 0 spiro atoms. The number of fused-ring (bicyclic) bond motifs is 2. The van der Waals surface area contributed by atoms with Gasteiger partial charge in [0.2, 0.25) is 11.9 Å². The van der Waals surface area contributed by atoms with E-state index in [1.807, 2.05) is 24.3 Å². The molecule has 0 aliphatic carbocycles. The molecule has 1 N–H and O–H groups in total. The molecule has 0 unspecified atom stereocenters. The van der Waals surface area contributed by atoms with Crippen LogP contribution in [-0.2, 0) is 24.3 Å². The molecule has 29 heavy (non-hydrogen) atoms. The summed E-state index contributed by atoms with van der Waals surface area (Å²) in [6, 6.07) is 7.71. The highest BCUT2D eigenvalue weighted by atomic mass is 16.2. The second-order valence-electron chi connectivity index (χ2n) is 7.63. The molecular weight excluding hydrogens is 370 g/mol. The Bertz CT molecular complexity index is 1110. The number of nitrogens with zero attached hydrogens (tertiary/aromatic N) is 6. The van der Waals surface area contributed by atoms with Crippen molar-refractivity contribution in [2.75, 3.05) is 24.5 Å². The minimum absolute atomic E-state index is 0.0417. The van der Waals surface area contributed by atoms with Gasteiger partial charge in [0, 0.05) is 31.6 Å². The summed E-state index contributed by atoms with van der Waals surface area (Å²) in [5, 5.41) is 8.28. The first kappa shape index (κ1) is 17.8. The lowest BCUT2D eigenvalue weighted by Gasteiger charge is -2.28. The van der Waals surface area contributed by atoms with Crippen LogP contribution in [0.1, 0.15) is 30.5 Å². The zero-order valence-electron chi connectivity index (χ0n) is 16.2. The molecule has 9 nitrogen and oxygen atoms in total. The number of anilines is 1. The molecule has 0 radical (unpaired) electrons. The van der Waals surface area contributed by atoms with E-state index in [0.717, 1.165) is 42.7 Å². The average Bonchev–Trinajstić information content (AvgIpc) is 3.42. The van der Waals surface area contributed by atoms with Crippen molar-refractivity contribution in [2.24, 2.45) is 0 Å². The molecule has 2 aliphatic heterocycles. The van der Waals surface area contributed by atoms with Crippen LogP contribution >= 0.6 is 0 Å². The summed E-state index contributed by atoms with van der Waals surface area (Å²) >= 11 is 0. The SMILES string of the molecule is O=C(CCn1nnc2ccccc21)N1CCc2c(nc(N3CCCC3)[nH]c2=O)C1. The molecule has 0 saturated carbocycles. The summed E-state index contributed by atoms with van der Waals surface area (Å²) in [6.07, 6.45) is 3.10. The van der Waals surface area contributed by atoms with Crippen molar-refractivity contribution < 1.29 is 4.79 Å². The first-order valence-corrected chi connectivity index (χ1v) is 10.1. The fourth-order valence-electron chi connectivity index (χ4n) is 4.16. The summed E-state index contributed by atoms with van der Waals surface area (Å²) in [4.78, 5) is 36.8. The molecule has 4 heterocycles. The van der Waals surface area contributed by atoms with E-state index < -0.39 is 0 Å². The number of hydrogen-bond acceptors (Lipinski definition) is 6. The smallest absolute Gasteiger partial charge is 0.255 e. The van der Waals surface area contributed by atoms with Crippen LogP contribution in [0, 0.1) is 0 Å². The number of aryl methyl sites for hydroxylation is 1. The predicted octanol–water partition coefficient (Wildman–Crippen LogP) is 1.09. The summed E-state index contributed by atoms with van der Waals surface area (Å²) in [5.41, 5.74) is 3.11. The number of H-pyrrole nitrogens is 1. The molecule has 0 bridgehead atoms. The van der Waals surface area contributed by atoms with Crippen LogP contribution < -0.4 is 10.5 Å². The number of amides is 1. The molecule has 0 atom stereocenters. The molecule has 1 aromatic carbocycles. The third-order valence-corrected chi connectivity index (χ3v) is 5.78. The summed E-state index contributed by atoms with van der Waals surface area (Å²) in [5.74, 6) is 0.676. The molecule has 5 rings (SSSR count). The van der Waals surface area contributed by atoms with E-state index in [-0.39, 0.29) is 11.5 Å². The van der Waals surface area contributed by atoms with Crippen molar-refractivity contribution in [2.45, 2.75) is 38.8 Å². The Hall–Kier alpha value is -3.23. The minimum atomic E-state index is -0.0712. The lowest BCUT2D eigenvalue weighted by molar-refractivity contribution is -0.132. The van der Waals surface area contributed by atoms with Crippen LogP contribution in [0.15, 0.2) is 29.1 Å². The first-order valence-electron chi connectivity index (χ1n) is 10.1. The van der Waals surface area contributed by atoms with Gasteiger partial charge in [-0.2, -0.15) is 0 Å². The highest BCUT2D eigenvalue weighted by Gasteiger charge is 2.26. The Labute approximate surface area is 167 Å². The Morgan fingerprint density at radius 1 is 1.14 bits per heavy atom. The van der Waals surface area contributed by atoms with Gasteiger partial charge in [-0.1, -0.05) is 17.3 Å². The molecule has 2 aromatic heterocycles. The monoisotopic (exact) mass is 393 g/mol. The van der Waals surface area contributed by atoms with Gasteiger partial charge in [0.25, 0.3) is 5.56 Å². The van der Waals surface area contributed by atoms with Crippen LogP contribution in [-0.4, -0.2) is 55.4 Å². The third-order valence-electron chi connectivity index (χ3n) is 5.78. The Morgan fingerprint density at radius 3 is 2.83 bits per heavy atom. The number of nitrogens with one attached hydrogen (secondary N) is 1. The van der Waals surface area contributed by atoms with Gasteiger partial charge in [-0.15, -0.1) is 5.10 Å².